The summed E-state index contributed by atoms with van der Waals surface area (Å²) in [5.74, 6) is -2.90. The van der Waals surface area contributed by atoms with Gasteiger partial charge in [0.1, 0.15) is 17.6 Å². The highest BCUT2D eigenvalue weighted by Crippen LogP contribution is 2.65. The molecule has 12 nitrogen and oxygen atoms in total. The minimum absolute atomic E-state index is 0.0720. The summed E-state index contributed by atoms with van der Waals surface area (Å²) in [6.45, 7) is 10.3. The Kier molecular flexibility index (Phi) is 9.79. The number of piperidine rings is 1. The number of thiophene rings is 1. The van der Waals surface area contributed by atoms with Crippen LogP contribution in [0.5, 0.6) is 0 Å². The van der Waals surface area contributed by atoms with Crippen LogP contribution in [0.2, 0.25) is 0 Å². The zero-order valence-corrected chi connectivity index (χ0v) is 29.0. The minimum Gasteiger partial charge on any atom is -0.363 e. The van der Waals surface area contributed by atoms with E-state index >= 15 is 0 Å². The summed E-state index contributed by atoms with van der Waals surface area (Å²) < 4.78 is 0. The third-order valence-electron chi connectivity index (χ3n) is 10.8. The molecule has 3 saturated carbocycles. The van der Waals surface area contributed by atoms with Crippen LogP contribution in [0.4, 0.5) is 4.79 Å². The van der Waals surface area contributed by atoms with Crippen molar-refractivity contribution >= 4 is 46.8 Å². The van der Waals surface area contributed by atoms with Crippen molar-refractivity contribution in [2.75, 3.05) is 6.54 Å². The van der Waals surface area contributed by atoms with Crippen LogP contribution in [0.25, 0.3) is 0 Å². The van der Waals surface area contributed by atoms with Crippen LogP contribution in [-0.4, -0.2) is 70.6 Å². The zero-order valence-electron chi connectivity index (χ0n) is 28.1. The highest BCUT2D eigenvalue weighted by Gasteiger charge is 2.70. The number of likely N-dealkylation sites (tertiary alicyclic amines) is 1. The van der Waals surface area contributed by atoms with Gasteiger partial charge in [0.25, 0.3) is 5.91 Å². The van der Waals surface area contributed by atoms with E-state index in [1.165, 1.54) is 4.90 Å². The second-order valence-corrected chi connectivity index (χ2v) is 16.5. The van der Waals surface area contributed by atoms with Gasteiger partial charge in [0.2, 0.25) is 23.5 Å². The number of carbonyl (C=O) groups excluding carboxylic acids is 6. The van der Waals surface area contributed by atoms with Gasteiger partial charge in [0.05, 0.1) is 6.04 Å². The second kappa shape index (κ2) is 13.2. The molecule has 6 amide bonds. The summed E-state index contributed by atoms with van der Waals surface area (Å²) >= 11 is 1.55. The highest BCUT2D eigenvalue weighted by atomic mass is 32.1. The van der Waals surface area contributed by atoms with E-state index in [9.17, 15) is 28.8 Å². The number of Topliss-reactive ketones (excluding diaryl/α,β-unsaturated/α-hetero) is 1. The van der Waals surface area contributed by atoms with E-state index in [0.717, 1.165) is 37.7 Å². The molecule has 6 N–H and O–H groups in total. The maximum absolute atomic E-state index is 14.4. The number of fused-ring (bicyclic) bond motifs is 1. The maximum atomic E-state index is 14.4. The van der Waals surface area contributed by atoms with Crippen LogP contribution in [0.15, 0.2) is 16.8 Å². The first-order valence-electron chi connectivity index (χ1n) is 16.9. The summed E-state index contributed by atoms with van der Waals surface area (Å²) in [7, 11) is 0. The average molecular weight is 671 g/mol. The summed E-state index contributed by atoms with van der Waals surface area (Å²) in [5, 5.41) is 15.5. The molecule has 0 bridgehead atoms. The van der Waals surface area contributed by atoms with Gasteiger partial charge >= 0.3 is 6.03 Å². The first-order valence-corrected chi connectivity index (χ1v) is 17.8. The SMILES string of the molecule is CC(C)(C)[C@H](NC(=O)NC1(C(=O)NCc2ccsc2)CCCCC1)C(=O)N1C[C@H]2[C@@H]([C@H]1C(=O)NC(CC1CC1)C(=O)C(N)=O)C2(C)C. The number of rotatable bonds is 12. The molecule has 5 rings (SSSR count). The molecule has 2 heterocycles. The molecule has 1 aromatic rings. The van der Waals surface area contributed by atoms with Crippen molar-refractivity contribution in [2.24, 2.45) is 34.3 Å². The minimum atomic E-state index is -1.10. The van der Waals surface area contributed by atoms with Crippen molar-refractivity contribution in [3.8, 4) is 0 Å². The van der Waals surface area contributed by atoms with Gasteiger partial charge in [0.15, 0.2) is 0 Å². The molecule has 0 aromatic carbocycles. The van der Waals surface area contributed by atoms with Crippen LogP contribution < -0.4 is 27.0 Å². The Labute approximate surface area is 280 Å². The lowest BCUT2D eigenvalue weighted by Crippen LogP contribution is -2.65. The van der Waals surface area contributed by atoms with E-state index in [1.54, 1.807) is 11.3 Å². The molecule has 0 radical (unpaired) electrons. The molecule has 1 unspecified atom stereocenters. The number of primary amides is 1. The number of amides is 6. The number of hydrogen-bond donors (Lipinski definition) is 5. The Balaban J connectivity index is 1.32. The van der Waals surface area contributed by atoms with Gasteiger partial charge in [-0.05, 0) is 70.2 Å². The van der Waals surface area contributed by atoms with Crippen LogP contribution in [0.3, 0.4) is 0 Å². The van der Waals surface area contributed by atoms with E-state index in [2.05, 4.69) is 35.1 Å². The van der Waals surface area contributed by atoms with Gasteiger partial charge in [-0.25, -0.2) is 4.79 Å². The molecule has 0 spiro atoms. The summed E-state index contributed by atoms with van der Waals surface area (Å²) in [6, 6.07) is -1.59. The average Bonchev–Trinajstić information content (AvgIpc) is 3.71. The summed E-state index contributed by atoms with van der Waals surface area (Å²) in [6.07, 6.45) is 5.70. The van der Waals surface area contributed by atoms with Gasteiger partial charge in [-0.2, -0.15) is 11.3 Å². The molecule has 1 saturated heterocycles. The van der Waals surface area contributed by atoms with Crippen molar-refractivity contribution in [3.63, 3.8) is 0 Å². The number of hydrogen-bond acceptors (Lipinski definition) is 7. The summed E-state index contributed by atoms with van der Waals surface area (Å²) in [4.78, 5) is 81.4. The lowest BCUT2D eigenvalue weighted by molar-refractivity contribution is -0.145. The molecule has 47 heavy (non-hydrogen) atoms. The van der Waals surface area contributed by atoms with E-state index < -0.39 is 58.6 Å². The Hall–Kier alpha value is -3.48. The molecule has 1 aliphatic heterocycles. The lowest BCUT2D eigenvalue weighted by atomic mass is 9.80. The number of nitrogens with two attached hydrogens (primary N) is 1. The Bertz CT molecular complexity index is 1390. The highest BCUT2D eigenvalue weighted by molar-refractivity contribution is 7.07. The van der Waals surface area contributed by atoms with Gasteiger partial charge in [0, 0.05) is 13.1 Å². The predicted molar refractivity (Wildman–Crippen MR) is 177 cm³/mol. The molecule has 4 fully saturated rings. The largest absolute Gasteiger partial charge is 0.363 e. The molecule has 13 heteroatoms. The van der Waals surface area contributed by atoms with Crippen molar-refractivity contribution < 1.29 is 28.8 Å². The molecular formula is C34H50N6O6S. The van der Waals surface area contributed by atoms with E-state index in [4.69, 9.17) is 5.73 Å². The van der Waals surface area contributed by atoms with Gasteiger partial charge in [-0.3, -0.25) is 24.0 Å². The number of carbonyl (C=O) groups is 6. The fourth-order valence-corrected chi connectivity index (χ4v) is 8.34. The third-order valence-corrected chi connectivity index (χ3v) is 11.6. The van der Waals surface area contributed by atoms with Gasteiger partial charge < -0.3 is 31.9 Å². The Morgan fingerprint density at radius 2 is 1.72 bits per heavy atom. The first-order chi connectivity index (χ1) is 22.0. The van der Waals surface area contributed by atoms with Crippen molar-refractivity contribution in [1.29, 1.82) is 0 Å². The summed E-state index contributed by atoms with van der Waals surface area (Å²) in [5.41, 5.74) is 4.26. The number of urea groups is 1. The van der Waals surface area contributed by atoms with Crippen LogP contribution >= 0.6 is 11.3 Å². The van der Waals surface area contributed by atoms with Gasteiger partial charge in [-0.15, -0.1) is 0 Å². The van der Waals surface area contributed by atoms with Gasteiger partial charge in [-0.1, -0.05) is 66.7 Å². The Morgan fingerprint density at radius 3 is 2.30 bits per heavy atom. The Morgan fingerprint density at radius 1 is 1.04 bits per heavy atom. The second-order valence-electron chi connectivity index (χ2n) is 15.7. The molecule has 5 atom stereocenters. The molecular weight excluding hydrogens is 620 g/mol. The number of nitrogens with one attached hydrogen (secondary N) is 4. The van der Waals surface area contributed by atoms with E-state index in [-0.39, 0.29) is 29.1 Å². The molecule has 1 aromatic heterocycles. The smallest absolute Gasteiger partial charge is 0.316 e. The molecule has 4 aliphatic rings. The standard InChI is InChI=1S/C34H50N6O6S/c1-32(2,3)26(38-31(46)39-34(12-7-6-8-13-34)30(45)36-16-20-11-14-47-18-20)29(44)40-17-21-23(33(21,4)5)24(40)28(43)37-22(15-19-9-10-19)25(41)27(35)42/h11,14,18-19,21-24,26H,6-10,12-13,15-17H2,1-5H3,(H2,35,42)(H,36,45)(H,37,43)(H2,38,39,46)/t21-,22?,23-,24-,26+/m0/s1. The van der Waals surface area contributed by atoms with E-state index in [1.807, 2.05) is 37.6 Å². The predicted octanol–water partition coefficient (Wildman–Crippen LogP) is 2.60. The number of ketones is 1. The zero-order chi connectivity index (χ0) is 34.3. The monoisotopic (exact) mass is 670 g/mol. The van der Waals surface area contributed by atoms with Crippen molar-refractivity contribution in [1.82, 2.24) is 26.2 Å². The fourth-order valence-electron chi connectivity index (χ4n) is 7.67. The van der Waals surface area contributed by atoms with Crippen LogP contribution in [-0.2, 0) is 30.5 Å². The number of nitrogens with zero attached hydrogens (tertiary/aromatic N) is 1. The molecule has 258 valence electrons. The van der Waals surface area contributed by atoms with Crippen molar-refractivity contribution in [3.05, 3.63) is 22.4 Å². The van der Waals surface area contributed by atoms with Crippen molar-refractivity contribution in [2.45, 2.75) is 116 Å². The van der Waals surface area contributed by atoms with E-state index in [0.29, 0.717) is 32.4 Å². The fraction of sp³-hybridized carbons (Fsp3) is 0.706. The normalized spacial score (nSPS) is 25.5. The third kappa shape index (κ3) is 7.49. The maximum Gasteiger partial charge on any atom is 0.316 e. The quantitative estimate of drug-likeness (QED) is 0.213. The lowest BCUT2D eigenvalue weighted by Gasteiger charge is -2.40. The first kappa shape index (κ1) is 34.8. The molecule has 3 aliphatic carbocycles. The van der Waals surface area contributed by atoms with Crippen LogP contribution in [0, 0.1) is 28.6 Å². The van der Waals surface area contributed by atoms with Crippen LogP contribution in [0.1, 0.15) is 91.5 Å². The topological polar surface area (TPSA) is 180 Å².